The van der Waals surface area contributed by atoms with Crippen molar-refractivity contribution in [3.63, 3.8) is 0 Å². The highest BCUT2D eigenvalue weighted by Gasteiger charge is 2.05. The topological polar surface area (TPSA) is 34.0 Å². The summed E-state index contributed by atoms with van der Waals surface area (Å²) in [6.45, 7) is 2.64. The van der Waals surface area contributed by atoms with Crippen LogP contribution in [-0.4, -0.2) is 11.6 Å². The molecular weight excluding hydrogens is 200 g/mol. The number of pyridine rings is 1. The number of benzene rings is 1. The van der Waals surface area contributed by atoms with Crippen LogP contribution in [0.15, 0.2) is 29.1 Å². The molecule has 0 aliphatic rings. The Labute approximate surface area is 94.7 Å². The zero-order valence-electron chi connectivity index (χ0n) is 9.87. The summed E-state index contributed by atoms with van der Waals surface area (Å²) in [5.74, 6) is 0. The highest BCUT2D eigenvalue weighted by molar-refractivity contribution is 5.80. The number of hydrogen-bond acceptors (Lipinski definition) is 2. The van der Waals surface area contributed by atoms with Gasteiger partial charge in [0.05, 0.1) is 5.52 Å². The summed E-state index contributed by atoms with van der Waals surface area (Å²) in [7, 11) is 3.67. The van der Waals surface area contributed by atoms with E-state index in [0.717, 1.165) is 16.5 Å². The average Bonchev–Trinajstić information content (AvgIpc) is 2.27. The Morgan fingerprint density at radius 2 is 2.06 bits per heavy atom. The van der Waals surface area contributed by atoms with E-state index in [-0.39, 0.29) is 5.56 Å². The summed E-state index contributed by atoms with van der Waals surface area (Å²) in [5, 5.41) is 4.12. The Balaban J connectivity index is 2.78. The molecule has 3 nitrogen and oxygen atoms in total. The molecule has 84 valence electrons. The van der Waals surface area contributed by atoms with Crippen LogP contribution in [0, 0.1) is 6.92 Å². The maximum atomic E-state index is 12.0. The third kappa shape index (κ3) is 1.74. The lowest BCUT2D eigenvalue weighted by molar-refractivity contribution is 0.782. The maximum Gasteiger partial charge on any atom is 0.255 e. The van der Waals surface area contributed by atoms with Crippen molar-refractivity contribution < 1.29 is 0 Å². The quantitative estimate of drug-likeness (QED) is 0.826. The molecule has 0 radical (unpaired) electrons. The zero-order valence-corrected chi connectivity index (χ0v) is 9.87. The molecule has 0 unspecified atom stereocenters. The van der Waals surface area contributed by atoms with Crippen LogP contribution >= 0.6 is 0 Å². The van der Waals surface area contributed by atoms with Crippen LogP contribution in [0.2, 0.25) is 0 Å². The number of nitrogens with zero attached hydrogens (tertiary/aromatic N) is 1. The predicted octanol–water partition coefficient (Wildman–Crippen LogP) is 1.57. The monoisotopic (exact) mass is 216 g/mol. The van der Waals surface area contributed by atoms with Gasteiger partial charge >= 0.3 is 0 Å². The van der Waals surface area contributed by atoms with Gasteiger partial charge in [-0.25, -0.2) is 0 Å². The van der Waals surface area contributed by atoms with Gasteiger partial charge in [0.2, 0.25) is 0 Å². The van der Waals surface area contributed by atoms with Gasteiger partial charge in [-0.15, -0.1) is 0 Å². The fourth-order valence-corrected chi connectivity index (χ4v) is 1.96. The molecule has 1 aromatic heterocycles. The first kappa shape index (κ1) is 10.9. The first-order chi connectivity index (χ1) is 7.63. The lowest BCUT2D eigenvalue weighted by Gasteiger charge is -2.09. The van der Waals surface area contributed by atoms with Gasteiger partial charge in [-0.2, -0.15) is 0 Å². The van der Waals surface area contributed by atoms with E-state index in [4.69, 9.17) is 0 Å². The van der Waals surface area contributed by atoms with Crippen LogP contribution < -0.4 is 10.9 Å². The lowest BCUT2D eigenvalue weighted by atomic mass is 10.1. The number of rotatable bonds is 2. The molecule has 0 aliphatic heterocycles. The van der Waals surface area contributed by atoms with Gasteiger partial charge in [-0.3, -0.25) is 4.79 Å². The van der Waals surface area contributed by atoms with Crippen LogP contribution in [-0.2, 0) is 13.6 Å². The molecule has 0 saturated heterocycles. The second-order valence-electron chi connectivity index (χ2n) is 4.13. The second kappa shape index (κ2) is 4.10. The van der Waals surface area contributed by atoms with Crippen molar-refractivity contribution in [3.05, 3.63) is 45.7 Å². The summed E-state index contributed by atoms with van der Waals surface area (Å²) < 4.78 is 1.72. The van der Waals surface area contributed by atoms with Gasteiger partial charge in [0.25, 0.3) is 5.56 Å². The number of nitrogens with one attached hydrogen (secondary N) is 1. The minimum atomic E-state index is 0.0763. The van der Waals surface area contributed by atoms with Crippen LogP contribution in [0.3, 0.4) is 0 Å². The molecule has 3 heteroatoms. The minimum Gasteiger partial charge on any atom is -0.315 e. The molecular formula is C13H16N2O. The molecule has 1 aromatic carbocycles. The fourth-order valence-electron chi connectivity index (χ4n) is 1.96. The predicted molar refractivity (Wildman–Crippen MR) is 66.7 cm³/mol. The third-order valence-electron chi connectivity index (χ3n) is 2.82. The van der Waals surface area contributed by atoms with Crippen LogP contribution in [0.1, 0.15) is 11.1 Å². The largest absolute Gasteiger partial charge is 0.315 e. The molecule has 0 fully saturated rings. The van der Waals surface area contributed by atoms with Crippen molar-refractivity contribution in [1.29, 1.82) is 0 Å². The summed E-state index contributed by atoms with van der Waals surface area (Å²) in [4.78, 5) is 12.0. The van der Waals surface area contributed by atoms with Gasteiger partial charge in [0.1, 0.15) is 0 Å². The van der Waals surface area contributed by atoms with E-state index in [1.807, 2.05) is 33.2 Å². The maximum absolute atomic E-state index is 12.0. The summed E-state index contributed by atoms with van der Waals surface area (Å²) in [6.07, 6.45) is 0. The van der Waals surface area contributed by atoms with Gasteiger partial charge in [-0.1, -0.05) is 12.1 Å². The Bertz CT molecular complexity index is 584. The number of hydrogen-bond donors (Lipinski definition) is 1. The fraction of sp³-hybridized carbons (Fsp3) is 0.308. The first-order valence-corrected chi connectivity index (χ1v) is 5.37. The minimum absolute atomic E-state index is 0.0763. The first-order valence-electron chi connectivity index (χ1n) is 5.37. The van der Waals surface area contributed by atoms with E-state index in [2.05, 4.69) is 17.4 Å². The smallest absolute Gasteiger partial charge is 0.255 e. The SMILES string of the molecule is CNCc1cc2ccc(C)cc2n(C)c1=O. The van der Waals surface area contributed by atoms with Crippen LogP contribution in [0.25, 0.3) is 10.9 Å². The van der Waals surface area contributed by atoms with Crippen molar-refractivity contribution in [2.45, 2.75) is 13.5 Å². The van der Waals surface area contributed by atoms with Gasteiger partial charge in [0.15, 0.2) is 0 Å². The van der Waals surface area contributed by atoms with E-state index in [9.17, 15) is 4.79 Å². The number of fused-ring (bicyclic) bond motifs is 1. The van der Waals surface area contributed by atoms with Gasteiger partial charge in [0, 0.05) is 19.2 Å². The molecule has 1 heterocycles. The molecule has 0 amide bonds. The molecule has 0 saturated carbocycles. The summed E-state index contributed by atoms with van der Waals surface area (Å²) in [6, 6.07) is 8.13. The highest BCUT2D eigenvalue weighted by Crippen LogP contribution is 2.14. The lowest BCUT2D eigenvalue weighted by Crippen LogP contribution is -2.24. The van der Waals surface area contributed by atoms with Crippen molar-refractivity contribution in [3.8, 4) is 0 Å². The molecule has 0 spiro atoms. The van der Waals surface area contributed by atoms with Crippen molar-refractivity contribution in [1.82, 2.24) is 9.88 Å². The second-order valence-corrected chi connectivity index (χ2v) is 4.13. The zero-order chi connectivity index (χ0) is 11.7. The molecule has 0 atom stereocenters. The van der Waals surface area contributed by atoms with Crippen molar-refractivity contribution in [2.75, 3.05) is 7.05 Å². The molecule has 16 heavy (non-hydrogen) atoms. The van der Waals surface area contributed by atoms with E-state index < -0.39 is 0 Å². The Morgan fingerprint density at radius 3 is 2.75 bits per heavy atom. The summed E-state index contributed by atoms with van der Waals surface area (Å²) >= 11 is 0. The number of aryl methyl sites for hydroxylation is 2. The molecule has 0 aliphatic carbocycles. The Morgan fingerprint density at radius 1 is 1.31 bits per heavy atom. The molecule has 2 aromatic rings. The van der Waals surface area contributed by atoms with E-state index in [1.165, 1.54) is 5.56 Å². The van der Waals surface area contributed by atoms with Crippen LogP contribution in [0.4, 0.5) is 0 Å². The molecule has 2 rings (SSSR count). The van der Waals surface area contributed by atoms with Crippen molar-refractivity contribution in [2.24, 2.45) is 7.05 Å². The Hall–Kier alpha value is -1.61. The average molecular weight is 216 g/mol. The van der Waals surface area contributed by atoms with E-state index >= 15 is 0 Å². The normalized spacial score (nSPS) is 10.9. The van der Waals surface area contributed by atoms with Gasteiger partial charge in [-0.05, 0) is 37.1 Å². The Kier molecular flexibility index (Phi) is 2.79. The van der Waals surface area contributed by atoms with E-state index in [0.29, 0.717) is 6.54 Å². The molecule has 0 bridgehead atoms. The van der Waals surface area contributed by atoms with Gasteiger partial charge < -0.3 is 9.88 Å². The third-order valence-corrected chi connectivity index (χ3v) is 2.82. The number of aromatic nitrogens is 1. The van der Waals surface area contributed by atoms with E-state index in [1.54, 1.807) is 4.57 Å². The molecule has 1 N–H and O–H groups in total. The standard InChI is InChI=1S/C13H16N2O/c1-9-4-5-10-7-11(8-14-2)13(16)15(3)12(10)6-9/h4-7,14H,8H2,1-3H3. The van der Waals surface area contributed by atoms with Crippen LogP contribution in [0.5, 0.6) is 0 Å². The highest BCUT2D eigenvalue weighted by atomic mass is 16.1. The summed E-state index contributed by atoms with van der Waals surface area (Å²) in [5.41, 5.74) is 3.04. The van der Waals surface area contributed by atoms with Crippen molar-refractivity contribution >= 4 is 10.9 Å².